The van der Waals surface area contributed by atoms with Gasteiger partial charge in [0.05, 0.1) is 11.3 Å². The van der Waals surface area contributed by atoms with E-state index in [-0.39, 0.29) is 11.6 Å². The lowest BCUT2D eigenvalue weighted by atomic mass is 10.1. The number of hydrogen-bond donors (Lipinski definition) is 1. The fourth-order valence-corrected chi connectivity index (χ4v) is 4.62. The largest absolute Gasteiger partial charge is 0.416 e. The standard InChI is InChI=1S/C16H21F3N2O2S/c17-16(18,19)13-3-1-2-12(10-13)11-24(22,23)20-14-6-8-21(9-7-14)15-4-5-15/h1-3,10,14-15,20H,4-9,11H2. The number of hydrogen-bond acceptors (Lipinski definition) is 3. The minimum atomic E-state index is -4.47. The van der Waals surface area contributed by atoms with Crippen molar-refractivity contribution in [3.05, 3.63) is 35.4 Å². The molecule has 1 heterocycles. The molecule has 4 nitrogen and oxygen atoms in total. The van der Waals surface area contributed by atoms with Gasteiger partial charge in [-0.1, -0.05) is 18.2 Å². The van der Waals surface area contributed by atoms with Gasteiger partial charge in [0.15, 0.2) is 0 Å². The van der Waals surface area contributed by atoms with Crippen molar-refractivity contribution in [3.8, 4) is 0 Å². The van der Waals surface area contributed by atoms with Crippen LogP contribution < -0.4 is 4.72 Å². The lowest BCUT2D eigenvalue weighted by molar-refractivity contribution is -0.137. The van der Waals surface area contributed by atoms with Crippen molar-refractivity contribution in [2.75, 3.05) is 13.1 Å². The molecule has 1 saturated heterocycles. The molecule has 0 aromatic heterocycles. The summed E-state index contributed by atoms with van der Waals surface area (Å²) in [6, 6.07) is 5.03. The summed E-state index contributed by atoms with van der Waals surface area (Å²) in [7, 11) is -3.65. The number of nitrogens with one attached hydrogen (secondary N) is 1. The molecular formula is C16H21F3N2O2S. The Morgan fingerprint density at radius 3 is 2.38 bits per heavy atom. The van der Waals surface area contributed by atoms with E-state index in [1.807, 2.05) is 0 Å². The van der Waals surface area contributed by atoms with E-state index in [2.05, 4.69) is 9.62 Å². The minimum absolute atomic E-state index is 0.129. The minimum Gasteiger partial charge on any atom is -0.300 e. The molecule has 1 aliphatic carbocycles. The maximum atomic E-state index is 12.7. The molecule has 0 spiro atoms. The summed E-state index contributed by atoms with van der Waals surface area (Å²) in [5.41, 5.74) is -0.680. The molecular weight excluding hydrogens is 341 g/mol. The maximum absolute atomic E-state index is 12.7. The first-order chi connectivity index (χ1) is 11.2. The lowest BCUT2D eigenvalue weighted by Crippen LogP contribution is -2.45. The molecule has 0 atom stereocenters. The van der Waals surface area contributed by atoms with Crippen LogP contribution in [0, 0.1) is 0 Å². The number of likely N-dealkylation sites (tertiary alicyclic amines) is 1. The molecule has 24 heavy (non-hydrogen) atoms. The summed E-state index contributed by atoms with van der Waals surface area (Å²) in [6.45, 7) is 1.75. The van der Waals surface area contributed by atoms with Crippen LogP contribution in [0.3, 0.4) is 0 Å². The van der Waals surface area contributed by atoms with Gasteiger partial charge in [0.2, 0.25) is 10.0 Å². The third-order valence-electron chi connectivity index (χ3n) is 4.55. The highest BCUT2D eigenvalue weighted by molar-refractivity contribution is 7.88. The van der Waals surface area contributed by atoms with Crippen LogP contribution in [0.2, 0.25) is 0 Å². The van der Waals surface area contributed by atoms with Gasteiger partial charge >= 0.3 is 6.18 Å². The Morgan fingerprint density at radius 2 is 1.79 bits per heavy atom. The first kappa shape index (κ1) is 17.7. The van der Waals surface area contributed by atoms with Crippen molar-refractivity contribution in [2.45, 2.75) is 49.7 Å². The normalized spacial score (nSPS) is 21.1. The molecule has 0 unspecified atom stereocenters. The summed E-state index contributed by atoms with van der Waals surface area (Å²) in [5.74, 6) is -0.431. The summed E-state index contributed by atoms with van der Waals surface area (Å²) < 4.78 is 65.3. The molecule has 3 rings (SSSR count). The highest BCUT2D eigenvalue weighted by Crippen LogP contribution is 2.30. The molecule has 1 aliphatic heterocycles. The summed E-state index contributed by atoms with van der Waals surface area (Å²) in [6.07, 6.45) is -0.517. The number of alkyl halides is 3. The van der Waals surface area contributed by atoms with E-state index >= 15 is 0 Å². The predicted octanol–water partition coefficient (Wildman–Crippen LogP) is 2.75. The fraction of sp³-hybridized carbons (Fsp3) is 0.625. The summed E-state index contributed by atoms with van der Waals surface area (Å²) >= 11 is 0. The molecule has 0 bridgehead atoms. The van der Waals surface area contributed by atoms with E-state index in [0.29, 0.717) is 6.04 Å². The van der Waals surface area contributed by atoms with Crippen LogP contribution in [-0.4, -0.2) is 38.5 Å². The highest BCUT2D eigenvalue weighted by atomic mass is 32.2. The molecule has 0 amide bonds. The highest BCUT2D eigenvalue weighted by Gasteiger charge is 2.33. The Morgan fingerprint density at radius 1 is 1.12 bits per heavy atom. The Kier molecular flexibility index (Phi) is 4.90. The third kappa shape index (κ3) is 4.70. The van der Waals surface area contributed by atoms with E-state index in [4.69, 9.17) is 0 Å². The average Bonchev–Trinajstić information content (AvgIpc) is 3.31. The van der Waals surface area contributed by atoms with Crippen LogP contribution in [0.4, 0.5) is 13.2 Å². The van der Waals surface area contributed by atoms with Gasteiger partial charge in [0.25, 0.3) is 0 Å². The maximum Gasteiger partial charge on any atom is 0.416 e. The van der Waals surface area contributed by atoms with Crippen LogP contribution in [-0.2, 0) is 22.0 Å². The number of sulfonamides is 1. The van der Waals surface area contributed by atoms with Crippen LogP contribution in [0.1, 0.15) is 36.8 Å². The second-order valence-corrected chi connectivity index (χ2v) is 8.37. The van der Waals surface area contributed by atoms with Gasteiger partial charge in [-0.3, -0.25) is 0 Å². The van der Waals surface area contributed by atoms with Crippen molar-refractivity contribution in [1.29, 1.82) is 0 Å². The topological polar surface area (TPSA) is 49.4 Å². The molecule has 1 N–H and O–H groups in total. The van der Waals surface area contributed by atoms with E-state index in [1.54, 1.807) is 0 Å². The van der Waals surface area contributed by atoms with Gasteiger partial charge in [-0.25, -0.2) is 13.1 Å². The van der Waals surface area contributed by atoms with E-state index in [9.17, 15) is 21.6 Å². The predicted molar refractivity (Wildman–Crippen MR) is 84.8 cm³/mol. The fourth-order valence-electron chi connectivity index (χ4n) is 3.17. The molecule has 1 aromatic carbocycles. The van der Waals surface area contributed by atoms with Crippen molar-refractivity contribution in [2.24, 2.45) is 0 Å². The van der Waals surface area contributed by atoms with E-state index < -0.39 is 27.5 Å². The first-order valence-electron chi connectivity index (χ1n) is 8.13. The number of rotatable bonds is 5. The molecule has 1 saturated carbocycles. The SMILES string of the molecule is O=S(=O)(Cc1cccc(C(F)(F)F)c1)NC1CCN(C2CC2)CC1. The van der Waals surface area contributed by atoms with E-state index in [0.717, 1.165) is 38.1 Å². The van der Waals surface area contributed by atoms with Gasteiger partial charge in [-0.15, -0.1) is 0 Å². The summed E-state index contributed by atoms with van der Waals surface area (Å²) in [5, 5.41) is 0. The summed E-state index contributed by atoms with van der Waals surface area (Å²) in [4.78, 5) is 2.39. The van der Waals surface area contributed by atoms with Crippen molar-refractivity contribution in [3.63, 3.8) is 0 Å². The van der Waals surface area contributed by atoms with Crippen LogP contribution in [0.5, 0.6) is 0 Å². The Labute approximate surface area is 140 Å². The molecule has 8 heteroatoms. The molecule has 2 aliphatic rings. The van der Waals surface area contributed by atoms with Gasteiger partial charge in [-0.2, -0.15) is 13.2 Å². The Hall–Kier alpha value is -1.12. The Bertz CT molecular complexity index is 679. The molecule has 2 fully saturated rings. The van der Waals surface area contributed by atoms with Crippen molar-refractivity contribution >= 4 is 10.0 Å². The zero-order valence-corrected chi connectivity index (χ0v) is 14.0. The smallest absolute Gasteiger partial charge is 0.300 e. The molecule has 1 aromatic rings. The zero-order chi connectivity index (χ0) is 17.4. The Balaban J connectivity index is 1.58. The van der Waals surface area contributed by atoms with Gasteiger partial charge in [-0.05, 0) is 50.4 Å². The van der Waals surface area contributed by atoms with Crippen LogP contribution in [0.15, 0.2) is 24.3 Å². The number of halogens is 3. The van der Waals surface area contributed by atoms with E-state index in [1.165, 1.54) is 25.0 Å². The van der Waals surface area contributed by atoms with Gasteiger partial charge in [0, 0.05) is 12.1 Å². The number of benzene rings is 1. The number of nitrogens with zero attached hydrogens (tertiary/aromatic N) is 1. The van der Waals surface area contributed by atoms with Crippen LogP contribution >= 0.6 is 0 Å². The second kappa shape index (κ2) is 6.65. The lowest BCUT2D eigenvalue weighted by Gasteiger charge is -2.32. The zero-order valence-electron chi connectivity index (χ0n) is 13.2. The first-order valence-corrected chi connectivity index (χ1v) is 9.78. The van der Waals surface area contributed by atoms with Crippen molar-refractivity contribution in [1.82, 2.24) is 9.62 Å². The van der Waals surface area contributed by atoms with Gasteiger partial charge in [0.1, 0.15) is 0 Å². The third-order valence-corrected chi connectivity index (χ3v) is 5.96. The quantitative estimate of drug-likeness (QED) is 0.876. The van der Waals surface area contributed by atoms with Gasteiger partial charge < -0.3 is 4.90 Å². The van der Waals surface area contributed by atoms with Crippen molar-refractivity contribution < 1.29 is 21.6 Å². The monoisotopic (exact) mass is 362 g/mol. The average molecular weight is 362 g/mol. The molecule has 134 valence electrons. The number of piperidine rings is 1. The second-order valence-electron chi connectivity index (χ2n) is 6.62. The molecule has 0 radical (unpaired) electrons. The van der Waals surface area contributed by atoms with Crippen LogP contribution in [0.25, 0.3) is 0 Å².